The molecule has 132 valence electrons. The molecule has 1 aromatic heterocycles. The van der Waals surface area contributed by atoms with Crippen LogP contribution >= 0.6 is 0 Å². The van der Waals surface area contributed by atoms with Gasteiger partial charge in [-0.1, -0.05) is 31.5 Å². The summed E-state index contributed by atoms with van der Waals surface area (Å²) in [6, 6.07) is 9.47. The lowest BCUT2D eigenvalue weighted by atomic mass is 10.1. The molecule has 0 fully saturated rings. The Hall–Kier alpha value is -2.76. The number of hydrogen-bond acceptors (Lipinski definition) is 3. The molecule has 0 saturated heterocycles. The van der Waals surface area contributed by atoms with Crippen LogP contribution in [0.4, 0.5) is 4.39 Å². The molecule has 2 aromatic rings. The Morgan fingerprint density at radius 2 is 1.84 bits per heavy atom. The number of aromatic nitrogens is 1. The highest BCUT2D eigenvalue weighted by atomic mass is 19.1. The SMILES string of the molecule is CCCCNC(=O)c1ccnc(C(=O)NCCc2ccccc2F)c1. The summed E-state index contributed by atoms with van der Waals surface area (Å²) in [4.78, 5) is 28.2. The number of benzene rings is 1. The van der Waals surface area contributed by atoms with E-state index in [1.54, 1.807) is 24.3 Å². The van der Waals surface area contributed by atoms with Gasteiger partial charge in [-0.15, -0.1) is 0 Å². The highest BCUT2D eigenvalue weighted by Crippen LogP contribution is 2.07. The van der Waals surface area contributed by atoms with E-state index in [2.05, 4.69) is 15.6 Å². The van der Waals surface area contributed by atoms with Gasteiger partial charge in [0.2, 0.25) is 0 Å². The second-order valence-electron chi connectivity index (χ2n) is 5.64. The van der Waals surface area contributed by atoms with Gasteiger partial charge in [0.15, 0.2) is 0 Å². The molecule has 0 radical (unpaired) electrons. The summed E-state index contributed by atoms with van der Waals surface area (Å²) in [5, 5.41) is 5.49. The van der Waals surface area contributed by atoms with Crippen molar-refractivity contribution in [3.63, 3.8) is 0 Å². The molecular formula is C19H22FN3O2. The quantitative estimate of drug-likeness (QED) is 0.724. The summed E-state index contributed by atoms with van der Waals surface area (Å²) in [5.74, 6) is -0.906. The van der Waals surface area contributed by atoms with Crippen LogP contribution in [0, 0.1) is 5.82 Å². The van der Waals surface area contributed by atoms with Gasteiger partial charge in [0.1, 0.15) is 11.5 Å². The summed E-state index contributed by atoms with van der Waals surface area (Å²) in [6.45, 7) is 2.93. The molecule has 0 spiro atoms. The predicted octanol–water partition coefficient (Wildman–Crippen LogP) is 2.72. The van der Waals surface area contributed by atoms with Crippen LogP contribution in [0.25, 0.3) is 0 Å². The fourth-order valence-electron chi connectivity index (χ4n) is 2.28. The molecule has 0 bridgehead atoms. The third-order valence-corrected chi connectivity index (χ3v) is 3.71. The van der Waals surface area contributed by atoms with E-state index in [0.717, 1.165) is 12.8 Å². The number of nitrogens with one attached hydrogen (secondary N) is 2. The molecule has 0 unspecified atom stereocenters. The van der Waals surface area contributed by atoms with E-state index in [0.29, 0.717) is 24.1 Å². The van der Waals surface area contributed by atoms with Crippen molar-refractivity contribution in [2.75, 3.05) is 13.1 Å². The van der Waals surface area contributed by atoms with Gasteiger partial charge in [0.25, 0.3) is 11.8 Å². The zero-order valence-electron chi connectivity index (χ0n) is 14.2. The number of carbonyl (C=O) groups excluding carboxylic acids is 2. The molecule has 6 heteroatoms. The number of halogens is 1. The number of pyridine rings is 1. The van der Waals surface area contributed by atoms with Crippen LogP contribution in [0.3, 0.4) is 0 Å². The number of unbranched alkanes of at least 4 members (excludes halogenated alkanes) is 1. The molecule has 5 nitrogen and oxygen atoms in total. The van der Waals surface area contributed by atoms with E-state index in [-0.39, 0.29) is 29.9 Å². The molecule has 2 amide bonds. The standard InChI is InChI=1S/C19H22FN3O2/c1-2-3-10-22-18(24)15-9-11-21-17(13-15)19(25)23-12-8-14-6-4-5-7-16(14)20/h4-7,9,11,13H,2-3,8,10,12H2,1H3,(H,22,24)(H,23,25). The fraction of sp³-hybridized carbons (Fsp3) is 0.316. The van der Waals surface area contributed by atoms with Gasteiger partial charge >= 0.3 is 0 Å². The maximum Gasteiger partial charge on any atom is 0.269 e. The van der Waals surface area contributed by atoms with Crippen molar-refractivity contribution in [3.05, 3.63) is 65.2 Å². The molecule has 0 aliphatic heterocycles. The largest absolute Gasteiger partial charge is 0.352 e. The first-order valence-corrected chi connectivity index (χ1v) is 8.37. The van der Waals surface area contributed by atoms with Crippen LogP contribution in [-0.4, -0.2) is 29.9 Å². The van der Waals surface area contributed by atoms with Gasteiger partial charge in [-0.2, -0.15) is 0 Å². The Kier molecular flexibility index (Phi) is 7.07. The molecule has 1 aromatic carbocycles. The maximum absolute atomic E-state index is 13.5. The molecule has 25 heavy (non-hydrogen) atoms. The van der Waals surface area contributed by atoms with Crippen molar-refractivity contribution in [2.45, 2.75) is 26.2 Å². The molecular weight excluding hydrogens is 321 g/mol. The minimum absolute atomic E-state index is 0.164. The van der Waals surface area contributed by atoms with Gasteiger partial charge in [-0.25, -0.2) is 4.39 Å². The average Bonchev–Trinajstić information content (AvgIpc) is 2.63. The normalized spacial score (nSPS) is 10.3. The first-order valence-electron chi connectivity index (χ1n) is 8.37. The Morgan fingerprint density at radius 3 is 2.60 bits per heavy atom. The van der Waals surface area contributed by atoms with Crippen molar-refractivity contribution in [1.29, 1.82) is 0 Å². The van der Waals surface area contributed by atoms with Crippen LogP contribution < -0.4 is 10.6 Å². The smallest absolute Gasteiger partial charge is 0.269 e. The summed E-state index contributed by atoms with van der Waals surface area (Å²) in [6.07, 6.45) is 3.71. The summed E-state index contributed by atoms with van der Waals surface area (Å²) < 4.78 is 13.5. The highest BCUT2D eigenvalue weighted by Gasteiger charge is 2.11. The van der Waals surface area contributed by atoms with Gasteiger partial charge < -0.3 is 10.6 Å². The fourth-order valence-corrected chi connectivity index (χ4v) is 2.28. The Balaban J connectivity index is 1.90. The second-order valence-corrected chi connectivity index (χ2v) is 5.64. The predicted molar refractivity (Wildman–Crippen MR) is 93.9 cm³/mol. The van der Waals surface area contributed by atoms with Crippen LogP contribution in [-0.2, 0) is 6.42 Å². The van der Waals surface area contributed by atoms with Crippen LogP contribution in [0.2, 0.25) is 0 Å². The van der Waals surface area contributed by atoms with Gasteiger partial charge in [-0.05, 0) is 36.6 Å². The molecule has 0 atom stereocenters. The zero-order chi connectivity index (χ0) is 18.1. The van der Waals surface area contributed by atoms with Crippen LogP contribution in [0.5, 0.6) is 0 Å². The zero-order valence-corrected chi connectivity index (χ0v) is 14.2. The first-order chi connectivity index (χ1) is 12.1. The monoisotopic (exact) mass is 343 g/mol. The number of nitrogens with zero attached hydrogens (tertiary/aromatic N) is 1. The summed E-state index contributed by atoms with van der Waals surface area (Å²) >= 11 is 0. The number of amides is 2. The molecule has 2 N–H and O–H groups in total. The average molecular weight is 343 g/mol. The van der Waals surface area contributed by atoms with Gasteiger partial charge in [-0.3, -0.25) is 14.6 Å². The lowest BCUT2D eigenvalue weighted by Crippen LogP contribution is -2.28. The van der Waals surface area contributed by atoms with E-state index in [4.69, 9.17) is 0 Å². The lowest BCUT2D eigenvalue weighted by molar-refractivity contribution is 0.0949. The van der Waals surface area contributed by atoms with Crippen molar-refractivity contribution in [2.24, 2.45) is 0 Å². The molecule has 0 saturated carbocycles. The van der Waals surface area contributed by atoms with E-state index in [1.165, 1.54) is 18.3 Å². The highest BCUT2D eigenvalue weighted by molar-refractivity contribution is 5.98. The van der Waals surface area contributed by atoms with Crippen molar-refractivity contribution in [1.82, 2.24) is 15.6 Å². The topological polar surface area (TPSA) is 71.1 Å². The van der Waals surface area contributed by atoms with Crippen LogP contribution in [0.15, 0.2) is 42.6 Å². The second kappa shape index (κ2) is 9.52. The Morgan fingerprint density at radius 1 is 1.08 bits per heavy atom. The Labute approximate surface area is 146 Å². The summed E-state index contributed by atoms with van der Waals surface area (Å²) in [7, 11) is 0. The van der Waals surface area contributed by atoms with Crippen LogP contribution in [0.1, 0.15) is 46.2 Å². The molecule has 1 heterocycles. The third-order valence-electron chi connectivity index (χ3n) is 3.71. The number of hydrogen-bond donors (Lipinski definition) is 2. The lowest BCUT2D eigenvalue weighted by Gasteiger charge is -2.07. The minimum atomic E-state index is -0.389. The van der Waals surface area contributed by atoms with E-state index >= 15 is 0 Å². The van der Waals surface area contributed by atoms with E-state index in [1.807, 2.05) is 6.92 Å². The molecule has 2 rings (SSSR count). The number of rotatable bonds is 8. The Bertz CT molecular complexity index is 734. The van der Waals surface area contributed by atoms with Crippen molar-refractivity contribution >= 4 is 11.8 Å². The first kappa shape index (κ1) is 18.6. The minimum Gasteiger partial charge on any atom is -0.352 e. The molecule has 0 aliphatic rings. The van der Waals surface area contributed by atoms with Crippen molar-refractivity contribution in [3.8, 4) is 0 Å². The molecule has 0 aliphatic carbocycles. The van der Waals surface area contributed by atoms with E-state index in [9.17, 15) is 14.0 Å². The maximum atomic E-state index is 13.5. The van der Waals surface area contributed by atoms with Gasteiger partial charge in [0.05, 0.1) is 0 Å². The van der Waals surface area contributed by atoms with Gasteiger partial charge in [0, 0.05) is 24.8 Å². The summed E-state index contributed by atoms with van der Waals surface area (Å²) in [5.41, 5.74) is 1.10. The van der Waals surface area contributed by atoms with Crippen molar-refractivity contribution < 1.29 is 14.0 Å². The van der Waals surface area contributed by atoms with E-state index < -0.39 is 0 Å². The number of carbonyl (C=O) groups is 2. The third kappa shape index (κ3) is 5.67.